The van der Waals surface area contributed by atoms with E-state index in [0.29, 0.717) is 13.1 Å². The third kappa shape index (κ3) is 5.05. The minimum absolute atomic E-state index is 0.0547. The van der Waals surface area contributed by atoms with Crippen molar-refractivity contribution in [2.75, 3.05) is 46.4 Å². The lowest BCUT2D eigenvalue weighted by Gasteiger charge is -2.30. The highest BCUT2D eigenvalue weighted by Gasteiger charge is 2.22. The Morgan fingerprint density at radius 1 is 1.41 bits per heavy atom. The first-order chi connectivity index (χ1) is 10.4. The lowest BCUT2D eigenvalue weighted by atomic mass is 9.89. The molecule has 0 aromatic carbocycles. The van der Waals surface area contributed by atoms with E-state index in [2.05, 4.69) is 40.8 Å². The Hall–Kier alpha value is -0.950. The van der Waals surface area contributed by atoms with E-state index in [1.807, 2.05) is 13.2 Å². The Morgan fingerprint density at radius 2 is 2.09 bits per heavy atom. The van der Waals surface area contributed by atoms with Gasteiger partial charge in [-0.2, -0.15) is 5.10 Å². The van der Waals surface area contributed by atoms with E-state index in [9.17, 15) is 5.11 Å². The van der Waals surface area contributed by atoms with E-state index in [1.165, 1.54) is 11.3 Å². The van der Waals surface area contributed by atoms with E-state index < -0.39 is 0 Å². The van der Waals surface area contributed by atoms with Gasteiger partial charge in [0.25, 0.3) is 0 Å². The Morgan fingerprint density at radius 3 is 2.73 bits per heavy atom. The molecule has 1 fully saturated rings. The van der Waals surface area contributed by atoms with Crippen molar-refractivity contribution in [3.63, 3.8) is 0 Å². The highest BCUT2D eigenvalue weighted by Crippen LogP contribution is 2.24. The molecular weight excluding hydrogens is 280 g/mol. The van der Waals surface area contributed by atoms with Crippen LogP contribution in [-0.4, -0.2) is 77.6 Å². The molecule has 2 rings (SSSR count). The van der Waals surface area contributed by atoms with E-state index in [4.69, 9.17) is 4.74 Å². The second-order valence-electron chi connectivity index (χ2n) is 7.28. The average Bonchev–Trinajstić information content (AvgIpc) is 2.87. The monoisotopic (exact) mass is 310 g/mol. The van der Waals surface area contributed by atoms with Crippen LogP contribution in [0.1, 0.15) is 32.0 Å². The van der Waals surface area contributed by atoms with Crippen LogP contribution in [0.4, 0.5) is 0 Å². The molecule has 22 heavy (non-hydrogen) atoms. The van der Waals surface area contributed by atoms with Crippen LogP contribution in [-0.2, 0) is 16.7 Å². The Bertz CT molecular complexity index is 449. The molecule has 1 saturated heterocycles. The molecule has 0 radical (unpaired) electrons. The number of aliphatic hydroxyl groups excluding tert-OH is 1. The maximum absolute atomic E-state index is 10.3. The number of nitrogens with zero attached hydrogens (tertiary/aromatic N) is 3. The fourth-order valence-corrected chi connectivity index (χ4v) is 2.93. The van der Waals surface area contributed by atoms with Crippen molar-refractivity contribution in [3.8, 4) is 0 Å². The van der Waals surface area contributed by atoms with Gasteiger partial charge in [-0.1, -0.05) is 20.8 Å². The Labute approximate surface area is 133 Å². The zero-order valence-electron chi connectivity index (χ0n) is 14.3. The molecule has 1 aromatic heterocycles. The zero-order chi connectivity index (χ0) is 16.2. The summed E-state index contributed by atoms with van der Waals surface area (Å²) in [4.78, 5) is 4.42. The first-order valence-electron chi connectivity index (χ1n) is 8.05. The number of morpholine rings is 1. The summed E-state index contributed by atoms with van der Waals surface area (Å²) in [6.45, 7) is 12.1. The second-order valence-corrected chi connectivity index (χ2v) is 7.28. The molecule has 0 aliphatic carbocycles. The normalized spacial score (nSPS) is 18.8. The molecule has 2 heterocycles. The quantitative estimate of drug-likeness (QED) is 0.815. The Kier molecular flexibility index (Phi) is 5.97. The maximum atomic E-state index is 10.3. The summed E-state index contributed by atoms with van der Waals surface area (Å²) in [7, 11) is 2.04. The van der Waals surface area contributed by atoms with Gasteiger partial charge in [-0.3, -0.25) is 14.9 Å². The van der Waals surface area contributed by atoms with Crippen molar-refractivity contribution in [1.82, 2.24) is 20.0 Å². The minimum Gasteiger partial charge on any atom is -0.390 e. The smallest absolute Gasteiger partial charge is 0.0793 e. The molecule has 0 saturated carbocycles. The van der Waals surface area contributed by atoms with Crippen LogP contribution >= 0.6 is 0 Å². The van der Waals surface area contributed by atoms with Crippen molar-refractivity contribution in [2.45, 2.75) is 38.8 Å². The zero-order valence-corrected chi connectivity index (χ0v) is 14.3. The topological polar surface area (TPSA) is 64.6 Å². The molecular formula is C16H30N4O2. The molecule has 2 N–H and O–H groups in total. The van der Waals surface area contributed by atoms with E-state index in [-0.39, 0.29) is 11.5 Å². The van der Waals surface area contributed by atoms with Gasteiger partial charge >= 0.3 is 0 Å². The molecule has 6 nitrogen and oxygen atoms in total. The van der Waals surface area contributed by atoms with Crippen molar-refractivity contribution < 1.29 is 9.84 Å². The average molecular weight is 310 g/mol. The van der Waals surface area contributed by atoms with Crippen molar-refractivity contribution in [3.05, 3.63) is 17.5 Å². The first kappa shape index (κ1) is 17.4. The standard InChI is InChI=1S/C16H30N4O2/c1-16(2,3)15-13(9-17-18-15)10-19(4)11-14(21)12-20-5-7-22-8-6-20/h9,14,21H,5-8,10-12H2,1-4H3,(H,17,18). The molecule has 1 aliphatic heterocycles. The summed E-state index contributed by atoms with van der Waals surface area (Å²) in [6.07, 6.45) is 1.55. The minimum atomic E-state index is -0.340. The number of hydrogen-bond acceptors (Lipinski definition) is 5. The second kappa shape index (κ2) is 7.55. The number of rotatable bonds is 6. The molecule has 0 amide bonds. The first-order valence-corrected chi connectivity index (χ1v) is 8.05. The third-order valence-electron chi connectivity index (χ3n) is 4.00. The number of H-pyrrole nitrogens is 1. The molecule has 1 unspecified atom stereocenters. The van der Waals surface area contributed by atoms with Gasteiger partial charge in [0, 0.05) is 49.4 Å². The van der Waals surface area contributed by atoms with Gasteiger partial charge in [-0.15, -0.1) is 0 Å². The van der Waals surface area contributed by atoms with Crippen LogP contribution in [0.25, 0.3) is 0 Å². The lowest BCUT2D eigenvalue weighted by Crippen LogP contribution is -2.44. The van der Waals surface area contributed by atoms with Crippen molar-refractivity contribution in [2.24, 2.45) is 0 Å². The number of ether oxygens (including phenoxy) is 1. The molecule has 0 spiro atoms. The summed E-state index contributed by atoms with van der Waals surface area (Å²) in [5.41, 5.74) is 2.43. The van der Waals surface area contributed by atoms with Crippen LogP contribution in [0.3, 0.4) is 0 Å². The van der Waals surface area contributed by atoms with Gasteiger partial charge in [0.1, 0.15) is 0 Å². The summed E-state index contributed by atoms with van der Waals surface area (Å²) < 4.78 is 5.33. The van der Waals surface area contributed by atoms with Gasteiger partial charge in [-0.25, -0.2) is 0 Å². The van der Waals surface area contributed by atoms with E-state index in [0.717, 1.165) is 32.8 Å². The number of likely N-dealkylation sites (N-methyl/N-ethyl adjacent to an activating group) is 1. The molecule has 1 aromatic rings. The number of β-amino-alcohol motifs (C(OH)–C–C–N with tert-alkyl or cyclic N) is 1. The van der Waals surface area contributed by atoms with E-state index >= 15 is 0 Å². The highest BCUT2D eigenvalue weighted by atomic mass is 16.5. The molecule has 126 valence electrons. The number of nitrogens with one attached hydrogen (secondary N) is 1. The number of aromatic nitrogens is 2. The number of aliphatic hydroxyl groups is 1. The predicted octanol–water partition coefficient (Wildman–Crippen LogP) is 0.832. The molecule has 0 bridgehead atoms. The van der Waals surface area contributed by atoms with Gasteiger partial charge in [-0.05, 0) is 7.05 Å². The van der Waals surface area contributed by atoms with Crippen molar-refractivity contribution in [1.29, 1.82) is 0 Å². The maximum Gasteiger partial charge on any atom is 0.0793 e. The van der Waals surface area contributed by atoms with Gasteiger partial charge in [0.2, 0.25) is 0 Å². The third-order valence-corrected chi connectivity index (χ3v) is 4.00. The van der Waals surface area contributed by atoms with Crippen LogP contribution in [0, 0.1) is 0 Å². The SMILES string of the molecule is CN(Cc1cn[nH]c1C(C)(C)C)CC(O)CN1CCOCC1. The largest absolute Gasteiger partial charge is 0.390 e. The van der Waals surface area contributed by atoms with Gasteiger partial charge < -0.3 is 9.84 Å². The van der Waals surface area contributed by atoms with E-state index in [1.54, 1.807) is 0 Å². The Balaban J connectivity index is 1.82. The summed E-state index contributed by atoms with van der Waals surface area (Å²) in [6, 6.07) is 0. The van der Waals surface area contributed by atoms with Gasteiger partial charge in [0.15, 0.2) is 0 Å². The summed E-state index contributed by atoms with van der Waals surface area (Å²) in [5.74, 6) is 0. The van der Waals surface area contributed by atoms with Crippen LogP contribution < -0.4 is 0 Å². The van der Waals surface area contributed by atoms with Gasteiger partial charge in [0.05, 0.1) is 25.5 Å². The van der Waals surface area contributed by atoms with Crippen molar-refractivity contribution >= 4 is 0 Å². The summed E-state index contributed by atoms with van der Waals surface area (Å²) in [5, 5.41) is 17.6. The van der Waals surface area contributed by atoms with Crippen LogP contribution in [0.2, 0.25) is 0 Å². The fraction of sp³-hybridized carbons (Fsp3) is 0.812. The number of aromatic amines is 1. The molecule has 1 aliphatic rings. The summed E-state index contributed by atoms with van der Waals surface area (Å²) >= 11 is 0. The highest BCUT2D eigenvalue weighted by molar-refractivity contribution is 5.23. The number of hydrogen-bond donors (Lipinski definition) is 2. The lowest BCUT2D eigenvalue weighted by molar-refractivity contribution is 0.00823. The van der Waals surface area contributed by atoms with Crippen LogP contribution in [0.5, 0.6) is 0 Å². The molecule has 6 heteroatoms. The predicted molar refractivity (Wildman–Crippen MR) is 86.9 cm³/mol. The van der Waals surface area contributed by atoms with Crippen LogP contribution in [0.15, 0.2) is 6.20 Å². The fourth-order valence-electron chi connectivity index (χ4n) is 2.93. The molecule has 1 atom stereocenters.